The van der Waals surface area contributed by atoms with Crippen LogP contribution in [0.4, 0.5) is 4.79 Å². The number of nitrogens with zero attached hydrogens (tertiary/aromatic N) is 3. The number of hydrogen-bond donors (Lipinski definition) is 2. The standard InChI is InChI=1S/C32H31N5O3/c1-32(2,3)40-31(39)35-26(18-21-12-6-4-7-13-21)30(38)37-29-25-19-33-20-34-28(25)24-17-11-10-16-23(24)27(36-29)22-14-8-5-9-15-22/h4-17,19-20,26,29H,18H2,1-3H3,(H,35,39)(H,37,38). The predicted octanol–water partition coefficient (Wildman–Crippen LogP) is 5.25. The fraction of sp³-hybridized carbons (Fsp3) is 0.219. The maximum atomic E-state index is 13.9. The lowest BCUT2D eigenvalue weighted by Gasteiger charge is -2.25. The van der Waals surface area contributed by atoms with Crippen molar-refractivity contribution >= 4 is 17.7 Å². The summed E-state index contributed by atoms with van der Waals surface area (Å²) in [6.07, 6.45) is 1.96. The molecule has 2 amide bonds. The van der Waals surface area contributed by atoms with Crippen LogP contribution < -0.4 is 10.6 Å². The fourth-order valence-corrected chi connectivity index (χ4v) is 4.61. The van der Waals surface area contributed by atoms with Gasteiger partial charge in [-0.1, -0.05) is 84.9 Å². The van der Waals surface area contributed by atoms with Crippen molar-refractivity contribution in [1.82, 2.24) is 20.6 Å². The minimum atomic E-state index is -0.911. The Morgan fingerprint density at radius 2 is 1.55 bits per heavy atom. The average molecular weight is 534 g/mol. The molecule has 1 aromatic heterocycles. The van der Waals surface area contributed by atoms with Crippen LogP contribution in [0.1, 0.15) is 49.2 Å². The average Bonchev–Trinajstić information content (AvgIpc) is 3.08. The zero-order valence-electron chi connectivity index (χ0n) is 22.7. The lowest BCUT2D eigenvalue weighted by Crippen LogP contribution is -2.50. The van der Waals surface area contributed by atoms with E-state index in [4.69, 9.17) is 9.73 Å². The number of benzene rings is 3. The third kappa shape index (κ3) is 6.23. The molecule has 2 heterocycles. The number of fused-ring (bicyclic) bond motifs is 3. The van der Waals surface area contributed by atoms with Gasteiger partial charge in [-0.3, -0.25) is 9.79 Å². The summed E-state index contributed by atoms with van der Waals surface area (Å²) < 4.78 is 5.46. The second-order valence-electron chi connectivity index (χ2n) is 10.5. The van der Waals surface area contributed by atoms with Gasteiger partial charge >= 0.3 is 6.09 Å². The smallest absolute Gasteiger partial charge is 0.408 e. The summed E-state index contributed by atoms with van der Waals surface area (Å²) in [6, 6.07) is 26.3. The zero-order valence-corrected chi connectivity index (χ0v) is 22.7. The summed E-state index contributed by atoms with van der Waals surface area (Å²) in [5.41, 5.74) is 4.95. The topological polar surface area (TPSA) is 106 Å². The second kappa shape index (κ2) is 11.5. The lowest BCUT2D eigenvalue weighted by atomic mass is 9.95. The number of nitrogens with one attached hydrogen (secondary N) is 2. The maximum Gasteiger partial charge on any atom is 0.408 e. The highest BCUT2D eigenvalue weighted by atomic mass is 16.6. The summed E-state index contributed by atoms with van der Waals surface area (Å²) in [5.74, 6) is -0.406. The first-order valence-electron chi connectivity index (χ1n) is 13.2. The summed E-state index contributed by atoms with van der Waals surface area (Å²) in [4.78, 5) is 40.5. The molecule has 2 unspecified atom stereocenters. The van der Waals surface area contributed by atoms with Crippen molar-refractivity contribution < 1.29 is 14.3 Å². The molecular formula is C32H31N5O3. The molecular weight excluding hydrogens is 502 g/mol. The number of ether oxygens (including phenoxy) is 1. The van der Waals surface area contributed by atoms with Crippen molar-refractivity contribution in [2.24, 2.45) is 4.99 Å². The minimum Gasteiger partial charge on any atom is -0.444 e. The van der Waals surface area contributed by atoms with E-state index in [2.05, 4.69) is 20.6 Å². The lowest BCUT2D eigenvalue weighted by molar-refractivity contribution is -0.123. The van der Waals surface area contributed by atoms with Gasteiger partial charge in [0.1, 0.15) is 18.0 Å². The molecule has 8 heteroatoms. The molecule has 0 saturated carbocycles. The van der Waals surface area contributed by atoms with Crippen LogP contribution in [0.15, 0.2) is 102 Å². The Labute approximate surface area is 233 Å². The number of carbonyl (C=O) groups is 2. The Morgan fingerprint density at radius 1 is 0.900 bits per heavy atom. The summed E-state index contributed by atoms with van der Waals surface area (Å²) >= 11 is 0. The summed E-state index contributed by atoms with van der Waals surface area (Å²) in [6.45, 7) is 5.33. The van der Waals surface area contributed by atoms with Crippen molar-refractivity contribution in [2.75, 3.05) is 0 Å². The minimum absolute atomic E-state index is 0.270. The van der Waals surface area contributed by atoms with Crippen LogP contribution >= 0.6 is 0 Å². The first kappa shape index (κ1) is 26.7. The summed E-state index contributed by atoms with van der Waals surface area (Å²) in [7, 11) is 0. The van der Waals surface area contributed by atoms with Crippen molar-refractivity contribution in [1.29, 1.82) is 0 Å². The van der Waals surface area contributed by atoms with Crippen molar-refractivity contribution in [3.8, 4) is 11.3 Å². The first-order valence-corrected chi connectivity index (χ1v) is 13.2. The van der Waals surface area contributed by atoms with Gasteiger partial charge in [-0.05, 0) is 26.3 Å². The van der Waals surface area contributed by atoms with Crippen LogP contribution in [-0.4, -0.2) is 39.3 Å². The molecule has 5 rings (SSSR count). The van der Waals surface area contributed by atoms with Gasteiger partial charge in [0.2, 0.25) is 5.91 Å². The van der Waals surface area contributed by atoms with Gasteiger partial charge in [-0.25, -0.2) is 14.8 Å². The molecule has 202 valence electrons. The quantitative estimate of drug-likeness (QED) is 0.352. The number of amides is 2. The SMILES string of the molecule is CC(C)(C)OC(=O)NC(Cc1ccccc1)C(=O)NC1N=C(c2ccccc2)c2ccccc2-c2ncncc21. The van der Waals surface area contributed by atoms with E-state index in [1.165, 1.54) is 6.33 Å². The van der Waals surface area contributed by atoms with Crippen LogP contribution in [-0.2, 0) is 16.0 Å². The Bertz CT molecular complexity index is 1530. The molecule has 0 radical (unpaired) electrons. The van der Waals surface area contributed by atoms with Crippen LogP contribution in [0, 0.1) is 0 Å². The van der Waals surface area contributed by atoms with Gasteiger partial charge in [0, 0.05) is 34.9 Å². The van der Waals surface area contributed by atoms with Crippen molar-refractivity contribution in [2.45, 2.75) is 45.0 Å². The molecule has 0 spiro atoms. The first-order chi connectivity index (χ1) is 19.3. The highest BCUT2D eigenvalue weighted by Crippen LogP contribution is 2.34. The van der Waals surface area contributed by atoms with Crippen LogP contribution in [0.25, 0.3) is 11.3 Å². The molecule has 0 saturated heterocycles. The fourth-order valence-electron chi connectivity index (χ4n) is 4.61. The van der Waals surface area contributed by atoms with E-state index in [0.29, 0.717) is 11.3 Å². The van der Waals surface area contributed by atoms with E-state index in [-0.39, 0.29) is 6.42 Å². The molecule has 40 heavy (non-hydrogen) atoms. The Hall–Kier alpha value is -4.85. The van der Waals surface area contributed by atoms with Gasteiger partial charge < -0.3 is 15.4 Å². The largest absolute Gasteiger partial charge is 0.444 e. The van der Waals surface area contributed by atoms with Gasteiger partial charge in [-0.2, -0.15) is 0 Å². The third-order valence-corrected chi connectivity index (χ3v) is 6.35. The van der Waals surface area contributed by atoms with E-state index in [1.807, 2.05) is 84.9 Å². The van der Waals surface area contributed by atoms with Crippen LogP contribution in [0.5, 0.6) is 0 Å². The Balaban J connectivity index is 1.53. The van der Waals surface area contributed by atoms with Crippen molar-refractivity contribution in [3.63, 3.8) is 0 Å². The number of hydrogen-bond acceptors (Lipinski definition) is 6. The predicted molar refractivity (Wildman–Crippen MR) is 154 cm³/mol. The van der Waals surface area contributed by atoms with E-state index in [9.17, 15) is 9.59 Å². The molecule has 1 aliphatic heterocycles. The van der Waals surface area contributed by atoms with Gasteiger partial charge in [-0.15, -0.1) is 0 Å². The Kier molecular flexibility index (Phi) is 7.68. The molecule has 1 aliphatic rings. The van der Waals surface area contributed by atoms with E-state index in [0.717, 1.165) is 28.0 Å². The molecule has 0 fully saturated rings. The van der Waals surface area contributed by atoms with E-state index < -0.39 is 29.8 Å². The zero-order chi connectivity index (χ0) is 28.1. The van der Waals surface area contributed by atoms with Crippen LogP contribution in [0.2, 0.25) is 0 Å². The van der Waals surface area contributed by atoms with Crippen molar-refractivity contribution in [3.05, 3.63) is 120 Å². The number of carbonyl (C=O) groups excluding carboxylic acids is 2. The van der Waals surface area contributed by atoms with E-state index in [1.54, 1.807) is 27.0 Å². The third-order valence-electron chi connectivity index (χ3n) is 6.35. The highest BCUT2D eigenvalue weighted by molar-refractivity contribution is 6.17. The molecule has 0 bridgehead atoms. The number of aliphatic imine (C=N–C) groups is 1. The number of aromatic nitrogens is 2. The van der Waals surface area contributed by atoms with Gasteiger partial charge in [0.15, 0.2) is 6.17 Å². The molecule has 4 aromatic rings. The molecule has 2 N–H and O–H groups in total. The van der Waals surface area contributed by atoms with E-state index >= 15 is 0 Å². The maximum absolute atomic E-state index is 13.9. The summed E-state index contributed by atoms with van der Waals surface area (Å²) in [5, 5.41) is 5.82. The molecule has 0 aliphatic carbocycles. The monoisotopic (exact) mass is 533 g/mol. The Morgan fingerprint density at radius 3 is 2.25 bits per heavy atom. The number of alkyl carbamates (subject to hydrolysis) is 1. The van der Waals surface area contributed by atoms with Gasteiger partial charge in [0.25, 0.3) is 0 Å². The highest BCUT2D eigenvalue weighted by Gasteiger charge is 2.30. The normalized spacial score (nSPS) is 15.0. The molecule has 8 nitrogen and oxygen atoms in total. The van der Waals surface area contributed by atoms with Gasteiger partial charge in [0.05, 0.1) is 11.4 Å². The second-order valence-corrected chi connectivity index (χ2v) is 10.5. The molecule has 3 aromatic carbocycles. The molecule has 2 atom stereocenters. The van der Waals surface area contributed by atoms with Crippen LogP contribution in [0.3, 0.4) is 0 Å². The number of rotatable bonds is 6.